The van der Waals surface area contributed by atoms with Crippen molar-refractivity contribution >= 4 is 25.7 Å². The number of rotatable bonds is 5. The van der Waals surface area contributed by atoms with E-state index in [1.807, 2.05) is 0 Å². The summed E-state index contributed by atoms with van der Waals surface area (Å²) in [7, 11) is 1.05. The van der Waals surface area contributed by atoms with Crippen molar-refractivity contribution < 1.29 is 22.3 Å². The van der Waals surface area contributed by atoms with E-state index in [0.717, 1.165) is 37.5 Å². The number of benzene rings is 1. The van der Waals surface area contributed by atoms with Crippen LogP contribution in [0.15, 0.2) is 23.1 Å². The Balaban J connectivity index is 2.03. The van der Waals surface area contributed by atoms with Crippen molar-refractivity contribution in [1.82, 2.24) is 0 Å². The highest BCUT2D eigenvalue weighted by Crippen LogP contribution is 2.29. The molecule has 1 aliphatic carbocycles. The smallest absolute Gasteiger partial charge is 0.338 e. The molecule has 1 saturated carbocycles. The summed E-state index contributed by atoms with van der Waals surface area (Å²) < 4.78 is 40.6. The summed E-state index contributed by atoms with van der Waals surface area (Å²) in [6.45, 7) is 0.253. The first kappa shape index (κ1) is 15.3. The summed E-state index contributed by atoms with van der Waals surface area (Å²) >= 11 is 0. The molecule has 1 aromatic carbocycles. The zero-order chi connectivity index (χ0) is 14.8. The van der Waals surface area contributed by atoms with Crippen molar-refractivity contribution in [3.63, 3.8) is 0 Å². The van der Waals surface area contributed by atoms with Gasteiger partial charge in [0.15, 0.2) is 0 Å². The molecule has 2 rings (SSSR count). The first-order valence-electron chi connectivity index (χ1n) is 6.28. The van der Waals surface area contributed by atoms with E-state index < -0.39 is 25.7 Å². The van der Waals surface area contributed by atoms with Gasteiger partial charge in [0.1, 0.15) is 5.82 Å². The minimum atomic E-state index is -4.09. The molecule has 110 valence electrons. The Kier molecular flexibility index (Phi) is 4.65. The Bertz CT molecular complexity index is 611. The Labute approximate surface area is 121 Å². The Hall–Kier alpha value is -1.14. The van der Waals surface area contributed by atoms with Gasteiger partial charge < -0.3 is 4.74 Å². The van der Waals surface area contributed by atoms with Gasteiger partial charge in [0.2, 0.25) is 0 Å². The van der Waals surface area contributed by atoms with Crippen LogP contribution >= 0.6 is 10.7 Å². The maximum atomic E-state index is 13.3. The zero-order valence-corrected chi connectivity index (χ0v) is 12.2. The van der Waals surface area contributed by atoms with Crippen LogP contribution in [0.25, 0.3) is 0 Å². The molecule has 0 unspecified atom stereocenters. The van der Waals surface area contributed by atoms with Gasteiger partial charge in [-0.15, -0.1) is 0 Å². The van der Waals surface area contributed by atoms with E-state index in [9.17, 15) is 17.6 Å². The molecule has 0 saturated heterocycles. The van der Waals surface area contributed by atoms with E-state index in [4.69, 9.17) is 15.4 Å². The third kappa shape index (κ3) is 3.93. The lowest BCUT2D eigenvalue weighted by Crippen LogP contribution is -2.15. The lowest BCUT2D eigenvalue weighted by molar-refractivity contribution is 0.0463. The average molecular weight is 321 g/mol. The first-order chi connectivity index (χ1) is 9.36. The molecular weight excluding hydrogens is 307 g/mol. The SMILES string of the molecule is O=C(OCCC1CCC1)c1cc(F)cc(S(=O)(=O)Cl)c1. The molecule has 0 aliphatic heterocycles. The lowest BCUT2D eigenvalue weighted by atomic mass is 9.83. The minimum absolute atomic E-state index is 0.155. The third-order valence-electron chi connectivity index (χ3n) is 3.37. The Morgan fingerprint density at radius 1 is 1.35 bits per heavy atom. The number of hydrogen-bond donors (Lipinski definition) is 0. The second-order valence-electron chi connectivity index (χ2n) is 4.83. The van der Waals surface area contributed by atoms with E-state index in [-0.39, 0.29) is 12.2 Å². The van der Waals surface area contributed by atoms with Crippen LogP contribution in [0.3, 0.4) is 0 Å². The van der Waals surface area contributed by atoms with E-state index in [2.05, 4.69) is 0 Å². The van der Waals surface area contributed by atoms with E-state index in [0.29, 0.717) is 5.92 Å². The van der Waals surface area contributed by atoms with Crippen molar-refractivity contribution in [2.75, 3.05) is 6.61 Å². The fourth-order valence-corrected chi connectivity index (χ4v) is 2.79. The van der Waals surface area contributed by atoms with Crippen molar-refractivity contribution in [2.45, 2.75) is 30.6 Å². The van der Waals surface area contributed by atoms with Gasteiger partial charge in [-0.25, -0.2) is 17.6 Å². The molecule has 0 amide bonds. The normalized spacial score (nSPS) is 15.7. The molecule has 1 fully saturated rings. The van der Waals surface area contributed by atoms with Gasteiger partial charge in [-0.2, -0.15) is 0 Å². The van der Waals surface area contributed by atoms with E-state index in [1.54, 1.807) is 0 Å². The van der Waals surface area contributed by atoms with Gasteiger partial charge >= 0.3 is 5.97 Å². The molecule has 4 nitrogen and oxygen atoms in total. The number of hydrogen-bond acceptors (Lipinski definition) is 4. The molecule has 1 aliphatic rings. The molecule has 0 radical (unpaired) electrons. The number of carbonyl (C=O) groups is 1. The zero-order valence-electron chi connectivity index (χ0n) is 10.6. The van der Waals surface area contributed by atoms with Crippen LogP contribution < -0.4 is 0 Å². The van der Waals surface area contributed by atoms with Gasteiger partial charge in [0.05, 0.1) is 17.1 Å². The van der Waals surface area contributed by atoms with Crippen LogP contribution in [0.4, 0.5) is 4.39 Å². The summed E-state index contributed by atoms with van der Waals surface area (Å²) in [5.41, 5.74) is -0.155. The van der Waals surface area contributed by atoms with Gasteiger partial charge in [-0.1, -0.05) is 19.3 Å². The third-order valence-corrected chi connectivity index (χ3v) is 4.71. The van der Waals surface area contributed by atoms with E-state index in [1.165, 1.54) is 6.42 Å². The minimum Gasteiger partial charge on any atom is -0.462 e. The van der Waals surface area contributed by atoms with Gasteiger partial charge in [-0.3, -0.25) is 0 Å². The predicted molar refractivity (Wildman–Crippen MR) is 71.7 cm³/mol. The van der Waals surface area contributed by atoms with Crippen LogP contribution in [0.1, 0.15) is 36.0 Å². The van der Waals surface area contributed by atoms with Crippen molar-refractivity contribution in [3.8, 4) is 0 Å². The van der Waals surface area contributed by atoms with Crippen LogP contribution in [0, 0.1) is 11.7 Å². The van der Waals surface area contributed by atoms with Crippen molar-refractivity contribution in [1.29, 1.82) is 0 Å². The summed E-state index contributed by atoms with van der Waals surface area (Å²) in [6.07, 6.45) is 4.28. The van der Waals surface area contributed by atoms with Gasteiger partial charge in [0.25, 0.3) is 9.05 Å². The monoisotopic (exact) mass is 320 g/mol. The van der Waals surface area contributed by atoms with Crippen LogP contribution in [-0.2, 0) is 13.8 Å². The number of carbonyl (C=O) groups excluding carboxylic acids is 1. The van der Waals surface area contributed by atoms with Crippen molar-refractivity contribution in [2.24, 2.45) is 5.92 Å². The largest absolute Gasteiger partial charge is 0.462 e. The van der Waals surface area contributed by atoms with Gasteiger partial charge in [0, 0.05) is 10.7 Å². The Morgan fingerprint density at radius 2 is 2.05 bits per heavy atom. The molecule has 0 bridgehead atoms. The second-order valence-corrected chi connectivity index (χ2v) is 7.40. The molecule has 0 atom stereocenters. The van der Waals surface area contributed by atoms with Crippen LogP contribution in [-0.4, -0.2) is 21.0 Å². The van der Waals surface area contributed by atoms with Crippen molar-refractivity contribution in [3.05, 3.63) is 29.6 Å². The number of esters is 1. The fraction of sp³-hybridized carbons (Fsp3) is 0.462. The number of ether oxygens (including phenoxy) is 1. The quantitative estimate of drug-likeness (QED) is 0.618. The van der Waals surface area contributed by atoms with Gasteiger partial charge in [-0.05, 0) is 30.5 Å². The molecule has 0 N–H and O–H groups in total. The standard InChI is InChI=1S/C13H14ClFO4S/c14-20(17,18)12-7-10(6-11(15)8-12)13(16)19-5-4-9-2-1-3-9/h6-9H,1-5H2. The molecule has 20 heavy (non-hydrogen) atoms. The number of halogens is 2. The maximum absolute atomic E-state index is 13.3. The summed E-state index contributed by atoms with van der Waals surface area (Å²) in [6, 6.07) is 2.70. The lowest BCUT2D eigenvalue weighted by Gasteiger charge is -2.24. The first-order valence-corrected chi connectivity index (χ1v) is 8.59. The summed E-state index contributed by atoms with van der Waals surface area (Å²) in [5.74, 6) is -1.00. The molecule has 1 aromatic rings. The highest BCUT2D eigenvalue weighted by molar-refractivity contribution is 8.13. The molecule has 0 heterocycles. The topological polar surface area (TPSA) is 60.4 Å². The second kappa shape index (κ2) is 6.10. The summed E-state index contributed by atoms with van der Waals surface area (Å²) in [4.78, 5) is 11.3. The highest BCUT2D eigenvalue weighted by Gasteiger charge is 2.19. The average Bonchev–Trinajstić information content (AvgIpc) is 2.30. The predicted octanol–water partition coefficient (Wildman–Crippen LogP) is 3.10. The molecule has 7 heteroatoms. The fourth-order valence-electron chi connectivity index (χ4n) is 2.00. The molecule has 0 spiro atoms. The Morgan fingerprint density at radius 3 is 2.60 bits per heavy atom. The van der Waals surface area contributed by atoms with E-state index >= 15 is 0 Å². The molecule has 0 aromatic heterocycles. The highest BCUT2D eigenvalue weighted by atomic mass is 35.7. The molecular formula is C13H14ClFO4S. The summed E-state index contributed by atoms with van der Waals surface area (Å²) in [5, 5.41) is 0. The van der Waals surface area contributed by atoms with Crippen LogP contribution in [0.5, 0.6) is 0 Å². The van der Waals surface area contributed by atoms with Crippen LogP contribution in [0.2, 0.25) is 0 Å². The maximum Gasteiger partial charge on any atom is 0.338 e.